The molecule has 1 saturated carbocycles. The van der Waals surface area contributed by atoms with Gasteiger partial charge in [0.2, 0.25) is 0 Å². The van der Waals surface area contributed by atoms with Crippen LogP contribution in [0.25, 0.3) is 11.1 Å². The van der Waals surface area contributed by atoms with Gasteiger partial charge in [0.05, 0.1) is 23.1 Å². The van der Waals surface area contributed by atoms with E-state index in [-0.39, 0.29) is 5.91 Å². The van der Waals surface area contributed by atoms with Crippen molar-refractivity contribution in [2.24, 2.45) is 0 Å². The molecule has 1 aromatic carbocycles. The molecule has 0 spiro atoms. The monoisotopic (exact) mass is 441 g/mol. The number of amides is 1. The molecule has 0 N–H and O–H groups in total. The van der Waals surface area contributed by atoms with Crippen LogP contribution in [0.2, 0.25) is 0 Å². The molecule has 2 aliphatic rings. The van der Waals surface area contributed by atoms with Crippen molar-refractivity contribution in [3.05, 3.63) is 41.3 Å². The van der Waals surface area contributed by atoms with Gasteiger partial charge in [-0.15, -0.1) is 11.3 Å². The molecule has 1 aliphatic heterocycles. The number of benzene rings is 1. The van der Waals surface area contributed by atoms with Crippen LogP contribution >= 0.6 is 11.3 Å². The van der Waals surface area contributed by atoms with E-state index in [0.717, 1.165) is 49.8 Å². The lowest BCUT2D eigenvalue weighted by molar-refractivity contribution is 0.0772. The SMILES string of the molecule is CN(CCN(C)C1CCCCC1)C(=O)c1cc(-c2ccccc2)c(N2CCOCC2)s1. The van der Waals surface area contributed by atoms with Crippen LogP contribution in [0.5, 0.6) is 0 Å². The predicted molar refractivity (Wildman–Crippen MR) is 129 cm³/mol. The topological polar surface area (TPSA) is 36.0 Å². The molecule has 168 valence electrons. The van der Waals surface area contributed by atoms with Crippen LogP contribution in [-0.4, -0.2) is 75.2 Å². The Morgan fingerprint density at radius 2 is 1.77 bits per heavy atom. The molecule has 1 amide bonds. The van der Waals surface area contributed by atoms with E-state index >= 15 is 0 Å². The molecule has 2 heterocycles. The van der Waals surface area contributed by atoms with Crippen molar-refractivity contribution in [3.8, 4) is 11.1 Å². The van der Waals surface area contributed by atoms with Gasteiger partial charge in [-0.3, -0.25) is 4.79 Å². The lowest BCUT2D eigenvalue weighted by Crippen LogP contribution is -2.40. The van der Waals surface area contributed by atoms with Gasteiger partial charge in [0.1, 0.15) is 0 Å². The van der Waals surface area contributed by atoms with Crippen LogP contribution in [0.3, 0.4) is 0 Å². The number of hydrogen-bond acceptors (Lipinski definition) is 5. The maximum atomic E-state index is 13.3. The Morgan fingerprint density at radius 1 is 1.06 bits per heavy atom. The zero-order chi connectivity index (χ0) is 21.6. The second kappa shape index (κ2) is 10.6. The number of carbonyl (C=O) groups is 1. The van der Waals surface area contributed by atoms with Crippen molar-refractivity contribution in [1.82, 2.24) is 9.80 Å². The highest BCUT2D eigenvalue weighted by Crippen LogP contribution is 2.39. The zero-order valence-electron chi connectivity index (χ0n) is 18.9. The van der Waals surface area contributed by atoms with Crippen molar-refractivity contribution in [2.75, 3.05) is 58.4 Å². The van der Waals surface area contributed by atoms with Crippen LogP contribution in [-0.2, 0) is 4.74 Å². The number of carbonyl (C=O) groups excluding carboxylic acids is 1. The Balaban J connectivity index is 1.47. The third-order valence-electron chi connectivity index (χ3n) is 6.64. The average Bonchev–Trinajstić information content (AvgIpc) is 3.29. The molecule has 6 heteroatoms. The Hall–Kier alpha value is -1.89. The van der Waals surface area contributed by atoms with Crippen LogP contribution < -0.4 is 4.90 Å². The van der Waals surface area contributed by atoms with Crippen molar-refractivity contribution < 1.29 is 9.53 Å². The molecule has 5 nitrogen and oxygen atoms in total. The Kier molecular flexibility index (Phi) is 7.64. The summed E-state index contributed by atoms with van der Waals surface area (Å²) in [4.78, 5) is 20.8. The van der Waals surface area contributed by atoms with Crippen LogP contribution in [0.1, 0.15) is 41.8 Å². The smallest absolute Gasteiger partial charge is 0.263 e. The second-order valence-electron chi connectivity index (χ2n) is 8.79. The first-order chi connectivity index (χ1) is 15.1. The molecule has 2 fully saturated rings. The number of hydrogen-bond donors (Lipinski definition) is 0. The number of nitrogens with zero attached hydrogens (tertiary/aromatic N) is 3. The van der Waals surface area contributed by atoms with Gasteiger partial charge in [-0.2, -0.15) is 0 Å². The molecule has 2 aromatic rings. The first kappa shape index (κ1) is 22.3. The summed E-state index contributed by atoms with van der Waals surface area (Å²) < 4.78 is 5.55. The van der Waals surface area contributed by atoms with E-state index in [4.69, 9.17) is 4.74 Å². The van der Waals surface area contributed by atoms with Crippen LogP contribution in [0.4, 0.5) is 5.00 Å². The number of ether oxygens (including phenoxy) is 1. The molecule has 0 radical (unpaired) electrons. The number of morpholine rings is 1. The van der Waals surface area contributed by atoms with Crippen molar-refractivity contribution in [3.63, 3.8) is 0 Å². The highest BCUT2D eigenvalue weighted by atomic mass is 32.1. The van der Waals surface area contributed by atoms with E-state index in [1.165, 1.54) is 42.7 Å². The lowest BCUT2D eigenvalue weighted by Gasteiger charge is -2.32. The van der Waals surface area contributed by atoms with Crippen molar-refractivity contribution in [2.45, 2.75) is 38.1 Å². The minimum absolute atomic E-state index is 0.124. The van der Waals surface area contributed by atoms with Gasteiger partial charge in [0.25, 0.3) is 5.91 Å². The minimum atomic E-state index is 0.124. The molecule has 1 aliphatic carbocycles. The van der Waals surface area contributed by atoms with E-state index in [1.54, 1.807) is 11.3 Å². The molecule has 31 heavy (non-hydrogen) atoms. The van der Waals surface area contributed by atoms with Crippen LogP contribution in [0.15, 0.2) is 36.4 Å². The Labute approximate surface area is 190 Å². The maximum absolute atomic E-state index is 13.3. The molecule has 0 unspecified atom stereocenters. The minimum Gasteiger partial charge on any atom is -0.378 e. The third-order valence-corrected chi connectivity index (χ3v) is 7.82. The zero-order valence-corrected chi connectivity index (χ0v) is 19.7. The maximum Gasteiger partial charge on any atom is 0.263 e. The average molecular weight is 442 g/mol. The van der Waals surface area contributed by atoms with Gasteiger partial charge >= 0.3 is 0 Å². The summed E-state index contributed by atoms with van der Waals surface area (Å²) in [5, 5.41) is 1.19. The fourth-order valence-corrected chi connectivity index (χ4v) is 5.84. The molecular weight excluding hydrogens is 406 g/mol. The van der Waals surface area contributed by atoms with E-state index in [0.29, 0.717) is 6.04 Å². The van der Waals surface area contributed by atoms with Gasteiger partial charge in [-0.05, 0) is 31.5 Å². The molecule has 1 saturated heterocycles. The predicted octanol–water partition coefficient (Wildman–Crippen LogP) is 4.59. The number of thiophene rings is 1. The highest BCUT2D eigenvalue weighted by Gasteiger charge is 2.24. The number of likely N-dealkylation sites (N-methyl/N-ethyl adjacent to an activating group) is 2. The third kappa shape index (κ3) is 5.48. The number of anilines is 1. The van der Waals surface area contributed by atoms with Gasteiger partial charge in [0, 0.05) is 44.8 Å². The van der Waals surface area contributed by atoms with Crippen molar-refractivity contribution in [1.29, 1.82) is 0 Å². The van der Waals surface area contributed by atoms with Gasteiger partial charge in [0.15, 0.2) is 0 Å². The van der Waals surface area contributed by atoms with E-state index in [1.807, 2.05) is 18.0 Å². The summed E-state index contributed by atoms with van der Waals surface area (Å²) in [6.45, 7) is 4.91. The number of rotatable bonds is 7. The summed E-state index contributed by atoms with van der Waals surface area (Å²) in [5.74, 6) is 0.124. The summed E-state index contributed by atoms with van der Waals surface area (Å²) in [5.41, 5.74) is 2.32. The largest absolute Gasteiger partial charge is 0.378 e. The Morgan fingerprint density at radius 3 is 2.48 bits per heavy atom. The normalized spacial score (nSPS) is 17.8. The summed E-state index contributed by atoms with van der Waals surface area (Å²) in [6, 6.07) is 13.2. The fraction of sp³-hybridized carbons (Fsp3) is 0.560. The standard InChI is InChI=1S/C25H35N3O2S/c1-26(21-11-7-4-8-12-21)13-14-27(2)24(29)23-19-22(20-9-5-3-6-10-20)25(31-23)28-15-17-30-18-16-28/h3,5-6,9-10,19,21H,4,7-8,11-18H2,1-2H3. The quantitative estimate of drug-likeness (QED) is 0.630. The fourth-order valence-electron chi connectivity index (χ4n) is 4.61. The van der Waals surface area contributed by atoms with E-state index in [2.05, 4.69) is 47.2 Å². The molecule has 0 atom stereocenters. The lowest BCUT2D eigenvalue weighted by atomic mass is 9.94. The highest BCUT2D eigenvalue weighted by molar-refractivity contribution is 7.18. The Bertz CT molecular complexity index is 842. The second-order valence-corrected chi connectivity index (χ2v) is 9.82. The van der Waals surface area contributed by atoms with Gasteiger partial charge < -0.3 is 19.4 Å². The molecular formula is C25H35N3O2S. The van der Waals surface area contributed by atoms with Gasteiger partial charge in [-0.1, -0.05) is 49.6 Å². The first-order valence-corrected chi connectivity index (χ1v) is 12.4. The molecule has 0 bridgehead atoms. The van der Waals surface area contributed by atoms with Gasteiger partial charge in [-0.25, -0.2) is 0 Å². The van der Waals surface area contributed by atoms with E-state index < -0.39 is 0 Å². The summed E-state index contributed by atoms with van der Waals surface area (Å²) in [7, 11) is 4.15. The van der Waals surface area contributed by atoms with Crippen LogP contribution in [0, 0.1) is 0 Å². The summed E-state index contributed by atoms with van der Waals surface area (Å²) >= 11 is 1.63. The molecule has 4 rings (SSSR count). The first-order valence-electron chi connectivity index (χ1n) is 11.6. The summed E-state index contributed by atoms with van der Waals surface area (Å²) in [6.07, 6.45) is 6.64. The van der Waals surface area contributed by atoms with E-state index in [9.17, 15) is 4.79 Å². The van der Waals surface area contributed by atoms with Crippen molar-refractivity contribution >= 4 is 22.2 Å². The molecule has 1 aromatic heterocycles.